The molecule has 310 valence electrons. The second-order valence-corrected chi connectivity index (χ2v) is 15.6. The van der Waals surface area contributed by atoms with Gasteiger partial charge in [-0.2, -0.15) is 0 Å². The standard InChI is InChI=1S/C42H78NO9P/c1-3-5-7-9-11-13-15-16-17-18-19-20-21-22-23-25-27-29-31-33-35-49-36-39(37-50-53(47,48)51-38-40(43)42(45)46)52-41(44)34-32-30-28-26-24-14-12-10-8-6-4-2/h10-13,16-17,39-40H,3-9,14-15,18-38,43H2,1-2H3,(H,45,46)(H,47,48)/b12-10-,13-11-,17-16-. The van der Waals surface area contributed by atoms with Crippen LogP contribution in [-0.2, 0) is 32.7 Å². The molecule has 0 heterocycles. The molecule has 0 aromatic rings. The molecule has 0 spiro atoms. The Morgan fingerprint density at radius 1 is 0.604 bits per heavy atom. The molecule has 0 rings (SSSR count). The van der Waals surface area contributed by atoms with E-state index in [1.807, 2.05) is 0 Å². The molecule has 0 aromatic heterocycles. The van der Waals surface area contributed by atoms with Gasteiger partial charge < -0.3 is 25.2 Å². The Morgan fingerprint density at radius 3 is 1.60 bits per heavy atom. The van der Waals surface area contributed by atoms with E-state index in [1.54, 1.807) is 0 Å². The number of esters is 1. The van der Waals surface area contributed by atoms with Crippen molar-refractivity contribution in [3.8, 4) is 0 Å². The van der Waals surface area contributed by atoms with Crippen LogP contribution in [0.2, 0.25) is 0 Å². The number of carbonyl (C=O) groups excluding carboxylic acids is 1. The van der Waals surface area contributed by atoms with Crippen molar-refractivity contribution < 1.29 is 42.7 Å². The van der Waals surface area contributed by atoms with E-state index in [4.69, 9.17) is 29.4 Å². The van der Waals surface area contributed by atoms with Gasteiger partial charge in [0.25, 0.3) is 0 Å². The van der Waals surface area contributed by atoms with Crippen LogP contribution in [0.5, 0.6) is 0 Å². The Bertz CT molecular complexity index is 988. The summed E-state index contributed by atoms with van der Waals surface area (Å²) >= 11 is 0. The Hall–Kier alpha value is -1.81. The highest BCUT2D eigenvalue weighted by Gasteiger charge is 2.27. The van der Waals surface area contributed by atoms with E-state index in [2.05, 4.69) is 50.3 Å². The lowest BCUT2D eigenvalue weighted by molar-refractivity contribution is -0.154. The summed E-state index contributed by atoms with van der Waals surface area (Å²) in [4.78, 5) is 33.4. The van der Waals surface area contributed by atoms with Crippen LogP contribution in [0.3, 0.4) is 0 Å². The molecule has 0 bridgehead atoms. The van der Waals surface area contributed by atoms with Crippen molar-refractivity contribution in [1.29, 1.82) is 0 Å². The molecule has 0 fully saturated rings. The van der Waals surface area contributed by atoms with Crippen LogP contribution in [0, 0.1) is 0 Å². The number of rotatable bonds is 40. The smallest absolute Gasteiger partial charge is 0.472 e. The molecule has 53 heavy (non-hydrogen) atoms. The minimum Gasteiger partial charge on any atom is -0.480 e. The Labute approximate surface area is 323 Å². The van der Waals surface area contributed by atoms with Gasteiger partial charge in [0.2, 0.25) is 0 Å². The maximum atomic E-state index is 12.6. The molecule has 0 aliphatic heterocycles. The number of carboxylic acid groups (broad SMARTS) is 1. The first-order valence-corrected chi connectivity index (χ1v) is 22.5. The molecule has 4 N–H and O–H groups in total. The molecule has 0 amide bonds. The van der Waals surface area contributed by atoms with Crippen molar-refractivity contribution in [2.24, 2.45) is 5.73 Å². The van der Waals surface area contributed by atoms with E-state index in [9.17, 15) is 19.0 Å². The SMILES string of the molecule is CCCC/C=C\CCCCCCCC(=O)OC(COCCCCCCCCCCCC/C=C\C/C=C\CCCCC)COP(=O)(O)OCC(N)C(=O)O. The van der Waals surface area contributed by atoms with Crippen LogP contribution in [0.15, 0.2) is 36.5 Å². The van der Waals surface area contributed by atoms with Crippen LogP contribution in [0.1, 0.15) is 181 Å². The molecule has 11 heteroatoms. The first kappa shape index (κ1) is 51.2. The first-order chi connectivity index (χ1) is 25.7. The first-order valence-electron chi connectivity index (χ1n) is 21.0. The summed E-state index contributed by atoms with van der Waals surface area (Å²) in [5.41, 5.74) is 5.34. The van der Waals surface area contributed by atoms with Gasteiger partial charge in [-0.1, -0.05) is 147 Å². The van der Waals surface area contributed by atoms with Crippen molar-refractivity contribution in [3.63, 3.8) is 0 Å². The molecular weight excluding hydrogens is 693 g/mol. The minimum absolute atomic E-state index is 0.0120. The largest absolute Gasteiger partial charge is 0.480 e. The molecule has 10 nitrogen and oxygen atoms in total. The van der Waals surface area contributed by atoms with E-state index in [-0.39, 0.29) is 13.0 Å². The lowest BCUT2D eigenvalue weighted by Crippen LogP contribution is -2.34. The minimum atomic E-state index is -4.61. The summed E-state index contributed by atoms with van der Waals surface area (Å²) in [6, 6.07) is -1.47. The Kier molecular flexibility index (Phi) is 37.2. The van der Waals surface area contributed by atoms with E-state index in [1.165, 1.54) is 89.9 Å². The number of aliphatic carboxylic acids is 1. The maximum Gasteiger partial charge on any atom is 0.472 e. The molecule has 3 atom stereocenters. The molecule has 0 aromatic carbocycles. The molecule has 3 unspecified atom stereocenters. The van der Waals surface area contributed by atoms with E-state index in [0.717, 1.165) is 64.2 Å². The fourth-order valence-electron chi connectivity index (χ4n) is 5.56. The Morgan fingerprint density at radius 2 is 1.06 bits per heavy atom. The van der Waals surface area contributed by atoms with Crippen molar-refractivity contribution in [1.82, 2.24) is 0 Å². The summed E-state index contributed by atoms with van der Waals surface area (Å²) in [5.74, 6) is -1.79. The topological polar surface area (TPSA) is 155 Å². The van der Waals surface area contributed by atoms with Gasteiger partial charge in [-0.15, -0.1) is 0 Å². The quantitative estimate of drug-likeness (QED) is 0.0237. The third-order valence-electron chi connectivity index (χ3n) is 8.89. The average molecular weight is 772 g/mol. The second-order valence-electron chi connectivity index (χ2n) is 14.1. The second kappa shape index (κ2) is 38.5. The number of carboxylic acids is 1. The summed E-state index contributed by atoms with van der Waals surface area (Å²) in [6.45, 7) is 3.80. The number of carbonyl (C=O) groups is 2. The Balaban J connectivity index is 4.19. The normalized spacial score (nSPS) is 14.3. The number of phosphoric ester groups is 1. The summed E-state index contributed by atoms with van der Waals surface area (Å²) in [5, 5.41) is 8.88. The van der Waals surface area contributed by atoms with Crippen molar-refractivity contribution in [2.75, 3.05) is 26.4 Å². The molecule has 0 saturated heterocycles. The molecular formula is C42H78NO9P. The van der Waals surface area contributed by atoms with Crippen LogP contribution in [0.4, 0.5) is 0 Å². The predicted molar refractivity (Wildman–Crippen MR) is 217 cm³/mol. The third-order valence-corrected chi connectivity index (χ3v) is 9.84. The maximum absolute atomic E-state index is 12.6. The summed E-state index contributed by atoms with van der Waals surface area (Å²) < 4.78 is 33.3. The zero-order chi connectivity index (χ0) is 39.1. The highest BCUT2D eigenvalue weighted by Crippen LogP contribution is 2.43. The zero-order valence-electron chi connectivity index (χ0n) is 33.6. The number of phosphoric acid groups is 1. The molecule has 0 aliphatic carbocycles. The lowest BCUT2D eigenvalue weighted by Gasteiger charge is -2.20. The van der Waals surface area contributed by atoms with Gasteiger partial charge in [0, 0.05) is 13.0 Å². The van der Waals surface area contributed by atoms with E-state index < -0.39 is 45.1 Å². The van der Waals surface area contributed by atoms with Crippen molar-refractivity contribution >= 4 is 19.8 Å². The zero-order valence-corrected chi connectivity index (χ0v) is 34.5. The number of hydrogen-bond acceptors (Lipinski definition) is 8. The van der Waals surface area contributed by atoms with Crippen LogP contribution in [0.25, 0.3) is 0 Å². The monoisotopic (exact) mass is 772 g/mol. The van der Waals surface area contributed by atoms with Crippen LogP contribution < -0.4 is 5.73 Å². The van der Waals surface area contributed by atoms with Crippen LogP contribution >= 0.6 is 7.82 Å². The number of unbranched alkanes of at least 4 members (excludes halogenated alkanes) is 20. The predicted octanol–water partition coefficient (Wildman–Crippen LogP) is 11.3. The number of ether oxygens (including phenoxy) is 2. The van der Waals surface area contributed by atoms with Gasteiger partial charge in [0.1, 0.15) is 12.1 Å². The van der Waals surface area contributed by atoms with Crippen molar-refractivity contribution in [2.45, 2.75) is 193 Å². The average Bonchev–Trinajstić information content (AvgIpc) is 3.13. The van der Waals surface area contributed by atoms with Gasteiger partial charge in [0.15, 0.2) is 0 Å². The van der Waals surface area contributed by atoms with Crippen LogP contribution in [-0.4, -0.2) is 60.5 Å². The van der Waals surface area contributed by atoms with Gasteiger partial charge >= 0.3 is 19.8 Å². The molecule has 0 radical (unpaired) electrons. The molecule has 0 saturated carbocycles. The fourth-order valence-corrected chi connectivity index (χ4v) is 6.33. The fraction of sp³-hybridized carbons (Fsp3) is 0.810. The van der Waals surface area contributed by atoms with Gasteiger partial charge in [-0.3, -0.25) is 18.6 Å². The highest BCUT2D eigenvalue weighted by molar-refractivity contribution is 7.47. The number of allylic oxidation sites excluding steroid dienone is 6. The van der Waals surface area contributed by atoms with Gasteiger partial charge in [-0.25, -0.2) is 4.57 Å². The third kappa shape index (κ3) is 38.3. The molecule has 0 aliphatic rings. The summed E-state index contributed by atoms with van der Waals surface area (Å²) in [6.07, 6.45) is 42.0. The van der Waals surface area contributed by atoms with E-state index >= 15 is 0 Å². The highest BCUT2D eigenvalue weighted by atomic mass is 31.2. The van der Waals surface area contributed by atoms with E-state index in [0.29, 0.717) is 13.0 Å². The van der Waals surface area contributed by atoms with Crippen molar-refractivity contribution in [3.05, 3.63) is 36.5 Å². The number of hydrogen-bond donors (Lipinski definition) is 3. The van der Waals surface area contributed by atoms with Gasteiger partial charge in [-0.05, 0) is 64.2 Å². The lowest BCUT2D eigenvalue weighted by atomic mass is 10.1. The number of nitrogens with two attached hydrogens (primary N) is 1. The summed E-state index contributed by atoms with van der Waals surface area (Å²) in [7, 11) is -4.61. The van der Waals surface area contributed by atoms with Gasteiger partial charge in [0.05, 0.1) is 19.8 Å².